The van der Waals surface area contributed by atoms with Gasteiger partial charge in [0.2, 0.25) is 0 Å². The fourth-order valence-corrected chi connectivity index (χ4v) is 2.19. The van der Waals surface area contributed by atoms with E-state index in [0.29, 0.717) is 28.1 Å². The van der Waals surface area contributed by atoms with Crippen LogP contribution in [-0.2, 0) is 0 Å². The van der Waals surface area contributed by atoms with Gasteiger partial charge in [-0.2, -0.15) is 10.5 Å². The maximum Gasteiger partial charge on any atom is 0.159 e. The summed E-state index contributed by atoms with van der Waals surface area (Å²) in [6.45, 7) is -0.0383. The van der Waals surface area contributed by atoms with E-state index in [1.807, 2.05) is 12.1 Å². The van der Waals surface area contributed by atoms with Crippen molar-refractivity contribution in [3.8, 4) is 17.9 Å². The van der Waals surface area contributed by atoms with Crippen LogP contribution in [0.4, 0.5) is 23.0 Å². The number of nitrogen functional groups attached to an aromatic ring is 1. The molecule has 0 saturated carbocycles. The molecule has 0 radical (unpaired) electrons. The second kappa shape index (κ2) is 7.86. The number of hydrogen-bond donors (Lipinski definition) is 2. The Morgan fingerprint density at radius 2 is 2.00 bits per heavy atom. The van der Waals surface area contributed by atoms with Crippen molar-refractivity contribution in [2.24, 2.45) is 0 Å². The molecule has 1 aromatic carbocycles. The molecule has 0 fully saturated rings. The zero-order chi connectivity index (χ0) is 17.5. The van der Waals surface area contributed by atoms with E-state index >= 15 is 0 Å². The largest absolute Gasteiger partial charge is 0.495 e. The summed E-state index contributed by atoms with van der Waals surface area (Å²) in [6, 6.07) is 9.02. The van der Waals surface area contributed by atoms with Gasteiger partial charge in [0.15, 0.2) is 11.6 Å². The van der Waals surface area contributed by atoms with Crippen LogP contribution in [0.15, 0.2) is 24.5 Å². The molecule has 0 aliphatic carbocycles. The number of benzene rings is 1. The number of nitriles is 2. The molecule has 0 saturated heterocycles. The molecular formula is C15H14ClN7O. The zero-order valence-corrected chi connectivity index (χ0v) is 13.6. The molecule has 0 unspecified atom stereocenters. The highest BCUT2D eigenvalue weighted by molar-refractivity contribution is 6.31. The van der Waals surface area contributed by atoms with Gasteiger partial charge in [-0.05, 0) is 18.2 Å². The first-order chi connectivity index (χ1) is 11.6. The fourth-order valence-electron chi connectivity index (χ4n) is 2.02. The molecular weight excluding hydrogens is 330 g/mol. The summed E-state index contributed by atoms with van der Waals surface area (Å²) in [7, 11) is 1.53. The van der Waals surface area contributed by atoms with Gasteiger partial charge in [0, 0.05) is 5.02 Å². The molecule has 3 N–H and O–H groups in total. The van der Waals surface area contributed by atoms with Crippen LogP contribution in [-0.4, -0.2) is 30.2 Å². The Balaban J connectivity index is 2.40. The summed E-state index contributed by atoms with van der Waals surface area (Å²) < 4.78 is 5.27. The maximum absolute atomic E-state index is 8.89. The molecule has 122 valence electrons. The van der Waals surface area contributed by atoms with Crippen LogP contribution < -0.4 is 20.7 Å². The van der Waals surface area contributed by atoms with E-state index in [4.69, 9.17) is 32.6 Å². The molecule has 2 aromatic rings. The fraction of sp³-hybridized carbons (Fsp3) is 0.200. The van der Waals surface area contributed by atoms with Crippen molar-refractivity contribution in [2.75, 3.05) is 36.1 Å². The summed E-state index contributed by atoms with van der Waals surface area (Å²) in [4.78, 5) is 9.63. The standard InChI is InChI=1S/C15H14ClN7O/c1-24-12-3-2-10(16)8-11(12)22-14-13(19)15(21-9-20-14)23(6-4-17)7-5-18/h2-3,8-9H,6-7,19H2,1H3,(H,20,21,22). The average molecular weight is 344 g/mol. The summed E-state index contributed by atoms with van der Waals surface area (Å²) in [5.74, 6) is 1.18. The number of nitrogens with zero attached hydrogens (tertiary/aromatic N) is 5. The number of ether oxygens (including phenoxy) is 1. The first-order valence-corrected chi connectivity index (χ1v) is 7.18. The van der Waals surface area contributed by atoms with Gasteiger partial charge in [-0.25, -0.2) is 9.97 Å². The van der Waals surface area contributed by atoms with Crippen molar-refractivity contribution in [3.05, 3.63) is 29.5 Å². The molecule has 0 spiro atoms. The Bertz CT molecular complexity index is 796. The summed E-state index contributed by atoms with van der Waals surface area (Å²) in [5, 5.41) is 21.3. The predicted molar refractivity (Wildman–Crippen MR) is 91.2 cm³/mol. The number of halogens is 1. The highest BCUT2D eigenvalue weighted by Gasteiger charge is 2.16. The molecule has 1 aromatic heterocycles. The third-order valence-electron chi connectivity index (χ3n) is 3.10. The van der Waals surface area contributed by atoms with E-state index < -0.39 is 0 Å². The van der Waals surface area contributed by atoms with Crippen LogP contribution in [0.2, 0.25) is 5.02 Å². The molecule has 24 heavy (non-hydrogen) atoms. The first kappa shape index (κ1) is 17.1. The van der Waals surface area contributed by atoms with Crippen LogP contribution in [0.25, 0.3) is 0 Å². The third kappa shape index (κ3) is 3.75. The van der Waals surface area contributed by atoms with Gasteiger partial charge in [0.05, 0.1) is 24.9 Å². The van der Waals surface area contributed by atoms with Crippen molar-refractivity contribution in [2.45, 2.75) is 0 Å². The molecule has 0 aliphatic rings. The average Bonchev–Trinajstić information content (AvgIpc) is 2.57. The van der Waals surface area contributed by atoms with E-state index in [1.54, 1.807) is 18.2 Å². The van der Waals surface area contributed by atoms with Gasteiger partial charge in [0.1, 0.15) is 30.9 Å². The van der Waals surface area contributed by atoms with Crippen LogP contribution in [0, 0.1) is 22.7 Å². The van der Waals surface area contributed by atoms with E-state index in [0.717, 1.165) is 0 Å². The second-order valence-corrected chi connectivity index (χ2v) is 5.04. The minimum Gasteiger partial charge on any atom is -0.495 e. The Labute approximate surface area is 144 Å². The second-order valence-electron chi connectivity index (χ2n) is 4.60. The van der Waals surface area contributed by atoms with Crippen molar-refractivity contribution >= 4 is 34.6 Å². The molecule has 0 amide bonds. The van der Waals surface area contributed by atoms with Crippen LogP contribution in [0.3, 0.4) is 0 Å². The number of anilines is 4. The molecule has 9 heteroatoms. The quantitative estimate of drug-likeness (QED) is 0.765. The molecule has 0 atom stereocenters. The first-order valence-electron chi connectivity index (χ1n) is 6.80. The third-order valence-corrected chi connectivity index (χ3v) is 3.34. The van der Waals surface area contributed by atoms with E-state index in [1.165, 1.54) is 18.3 Å². The summed E-state index contributed by atoms with van der Waals surface area (Å²) in [6.07, 6.45) is 1.30. The molecule has 0 aliphatic heterocycles. The van der Waals surface area contributed by atoms with Crippen molar-refractivity contribution in [1.29, 1.82) is 10.5 Å². The van der Waals surface area contributed by atoms with Gasteiger partial charge in [-0.1, -0.05) is 11.6 Å². The number of hydrogen-bond acceptors (Lipinski definition) is 8. The van der Waals surface area contributed by atoms with Crippen LogP contribution >= 0.6 is 11.6 Å². The number of nitrogens with two attached hydrogens (primary N) is 1. The van der Waals surface area contributed by atoms with Crippen LogP contribution in [0.5, 0.6) is 5.75 Å². The SMILES string of the molecule is COc1ccc(Cl)cc1Nc1ncnc(N(CC#N)CC#N)c1N. The minimum atomic E-state index is -0.0191. The van der Waals surface area contributed by atoms with Gasteiger partial charge in [0.25, 0.3) is 0 Å². The van der Waals surface area contributed by atoms with Crippen molar-refractivity contribution in [1.82, 2.24) is 9.97 Å². The smallest absolute Gasteiger partial charge is 0.159 e. The highest BCUT2D eigenvalue weighted by atomic mass is 35.5. The Hall–Kier alpha value is -3.23. The molecule has 0 bridgehead atoms. The Kier molecular flexibility index (Phi) is 5.61. The lowest BCUT2D eigenvalue weighted by Crippen LogP contribution is -2.26. The van der Waals surface area contributed by atoms with Gasteiger partial charge in [-0.3, -0.25) is 0 Å². The number of aromatic nitrogens is 2. The van der Waals surface area contributed by atoms with Crippen molar-refractivity contribution in [3.63, 3.8) is 0 Å². The van der Waals surface area contributed by atoms with E-state index in [9.17, 15) is 0 Å². The zero-order valence-electron chi connectivity index (χ0n) is 12.8. The normalized spacial score (nSPS) is 9.67. The molecule has 8 nitrogen and oxygen atoms in total. The number of methoxy groups -OCH3 is 1. The summed E-state index contributed by atoms with van der Waals surface area (Å²) >= 11 is 6.00. The monoisotopic (exact) mass is 343 g/mol. The lowest BCUT2D eigenvalue weighted by atomic mass is 10.2. The predicted octanol–water partition coefficient (Wildman–Crippen LogP) is 2.32. The minimum absolute atomic E-state index is 0.0191. The van der Waals surface area contributed by atoms with E-state index in [2.05, 4.69) is 15.3 Å². The van der Waals surface area contributed by atoms with Crippen LogP contribution in [0.1, 0.15) is 0 Å². The topological polar surface area (TPSA) is 124 Å². The van der Waals surface area contributed by atoms with Gasteiger partial charge in [-0.15, -0.1) is 0 Å². The molecule has 2 rings (SSSR count). The lowest BCUT2D eigenvalue weighted by Gasteiger charge is -2.20. The van der Waals surface area contributed by atoms with Crippen molar-refractivity contribution < 1.29 is 4.74 Å². The lowest BCUT2D eigenvalue weighted by molar-refractivity contribution is 0.417. The molecule has 1 heterocycles. The van der Waals surface area contributed by atoms with Gasteiger partial charge < -0.3 is 20.7 Å². The van der Waals surface area contributed by atoms with Gasteiger partial charge >= 0.3 is 0 Å². The summed E-state index contributed by atoms with van der Waals surface area (Å²) in [5.41, 5.74) is 6.89. The Morgan fingerprint density at radius 1 is 1.29 bits per heavy atom. The highest BCUT2D eigenvalue weighted by Crippen LogP contribution is 2.33. The number of rotatable bonds is 6. The van der Waals surface area contributed by atoms with E-state index in [-0.39, 0.29) is 18.8 Å². The maximum atomic E-state index is 8.89. The number of nitrogens with one attached hydrogen (secondary N) is 1. The Morgan fingerprint density at radius 3 is 2.62 bits per heavy atom.